The van der Waals surface area contributed by atoms with Crippen LogP contribution in [0.4, 0.5) is 15.0 Å². The highest BCUT2D eigenvalue weighted by atomic mass is 19.1. The Morgan fingerprint density at radius 3 is 3.00 bits per heavy atom. The Labute approximate surface area is 117 Å². The minimum Gasteiger partial charge on any atom is -0.378 e. The number of urea groups is 1. The van der Waals surface area contributed by atoms with Gasteiger partial charge in [-0.3, -0.25) is 5.32 Å². The summed E-state index contributed by atoms with van der Waals surface area (Å²) in [6, 6.07) is 2.34. The molecular formula is C14H20FN3O2. The van der Waals surface area contributed by atoms with Crippen molar-refractivity contribution in [2.45, 2.75) is 26.4 Å². The lowest BCUT2D eigenvalue weighted by molar-refractivity contribution is 0.0546. The normalized spacial score (nSPS) is 22.0. The van der Waals surface area contributed by atoms with Crippen LogP contribution in [0.3, 0.4) is 0 Å². The SMILES string of the molecule is CC(C)[C@H]1OCC[C@H]1CNC(=O)Nc1ccc(F)cn1. The summed E-state index contributed by atoms with van der Waals surface area (Å²) in [4.78, 5) is 15.5. The number of nitrogens with zero attached hydrogens (tertiary/aromatic N) is 1. The molecule has 20 heavy (non-hydrogen) atoms. The van der Waals surface area contributed by atoms with Crippen molar-refractivity contribution in [1.29, 1.82) is 0 Å². The molecule has 1 saturated heterocycles. The molecule has 110 valence electrons. The minimum absolute atomic E-state index is 0.194. The first-order chi connectivity index (χ1) is 9.56. The molecule has 1 fully saturated rings. The average Bonchev–Trinajstić information content (AvgIpc) is 2.88. The number of pyridine rings is 1. The van der Waals surface area contributed by atoms with Gasteiger partial charge in [0.2, 0.25) is 0 Å². The molecule has 1 aliphatic heterocycles. The van der Waals surface area contributed by atoms with Gasteiger partial charge in [0.1, 0.15) is 11.6 Å². The van der Waals surface area contributed by atoms with Gasteiger partial charge in [0.15, 0.2) is 0 Å². The summed E-state index contributed by atoms with van der Waals surface area (Å²) in [7, 11) is 0. The van der Waals surface area contributed by atoms with Gasteiger partial charge in [-0.2, -0.15) is 0 Å². The van der Waals surface area contributed by atoms with Crippen LogP contribution in [0.1, 0.15) is 20.3 Å². The molecule has 0 saturated carbocycles. The number of halogens is 1. The predicted molar refractivity (Wildman–Crippen MR) is 73.9 cm³/mol. The van der Waals surface area contributed by atoms with Crippen molar-refractivity contribution >= 4 is 11.8 Å². The molecule has 2 N–H and O–H groups in total. The zero-order valence-electron chi connectivity index (χ0n) is 11.7. The van der Waals surface area contributed by atoms with E-state index >= 15 is 0 Å². The van der Waals surface area contributed by atoms with Crippen LogP contribution in [-0.4, -0.2) is 30.3 Å². The van der Waals surface area contributed by atoms with Gasteiger partial charge in [0.25, 0.3) is 0 Å². The van der Waals surface area contributed by atoms with Crippen molar-refractivity contribution in [1.82, 2.24) is 10.3 Å². The molecule has 2 heterocycles. The smallest absolute Gasteiger partial charge is 0.320 e. The average molecular weight is 281 g/mol. The quantitative estimate of drug-likeness (QED) is 0.890. The van der Waals surface area contributed by atoms with Gasteiger partial charge >= 0.3 is 6.03 Å². The number of hydrogen-bond donors (Lipinski definition) is 2. The van der Waals surface area contributed by atoms with Crippen LogP contribution < -0.4 is 10.6 Å². The van der Waals surface area contributed by atoms with Gasteiger partial charge < -0.3 is 10.1 Å². The van der Waals surface area contributed by atoms with Gasteiger partial charge in [0.05, 0.1) is 12.3 Å². The van der Waals surface area contributed by atoms with Gasteiger partial charge in [-0.05, 0) is 24.5 Å². The lowest BCUT2D eigenvalue weighted by Gasteiger charge is -2.22. The van der Waals surface area contributed by atoms with Crippen molar-refractivity contribution < 1.29 is 13.9 Å². The van der Waals surface area contributed by atoms with Gasteiger partial charge in [-0.15, -0.1) is 0 Å². The summed E-state index contributed by atoms with van der Waals surface area (Å²) in [6.07, 6.45) is 2.21. The summed E-state index contributed by atoms with van der Waals surface area (Å²) in [5, 5.41) is 5.38. The fourth-order valence-electron chi connectivity index (χ4n) is 2.44. The largest absolute Gasteiger partial charge is 0.378 e. The molecule has 0 aliphatic carbocycles. The summed E-state index contributed by atoms with van der Waals surface area (Å²) >= 11 is 0. The maximum Gasteiger partial charge on any atom is 0.320 e. The molecule has 1 aliphatic rings. The molecule has 1 aromatic rings. The van der Waals surface area contributed by atoms with Crippen LogP contribution in [0, 0.1) is 17.7 Å². The van der Waals surface area contributed by atoms with Crippen LogP contribution in [0.2, 0.25) is 0 Å². The lowest BCUT2D eigenvalue weighted by atomic mass is 9.93. The summed E-state index contributed by atoms with van der Waals surface area (Å²) in [5.41, 5.74) is 0. The maximum atomic E-state index is 12.7. The third kappa shape index (κ3) is 3.90. The van der Waals surface area contributed by atoms with Crippen molar-refractivity contribution in [3.63, 3.8) is 0 Å². The zero-order valence-corrected chi connectivity index (χ0v) is 11.7. The Morgan fingerprint density at radius 2 is 2.35 bits per heavy atom. The molecule has 2 atom stereocenters. The second-order valence-corrected chi connectivity index (χ2v) is 5.32. The fraction of sp³-hybridized carbons (Fsp3) is 0.571. The van der Waals surface area contributed by atoms with Crippen LogP contribution >= 0.6 is 0 Å². The van der Waals surface area contributed by atoms with Gasteiger partial charge in [-0.1, -0.05) is 13.8 Å². The molecular weight excluding hydrogens is 261 g/mol. The van der Waals surface area contributed by atoms with E-state index in [1.54, 1.807) is 0 Å². The first kappa shape index (κ1) is 14.7. The van der Waals surface area contributed by atoms with Crippen LogP contribution in [-0.2, 0) is 4.74 Å². The van der Waals surface area contributed by atoms with Crippen molar-refractivity contribution in [3.8, 4) is 0 Å². The van der Waals surface area contributed by atoms with E-state index in [9.17, 15) is 9.18 Å². The van der Waals surface area contributed by atoms with E-state index in [-0.39, 0.29) is 12.1 Å². The highest BCUT2D eigenvalue weighted by Crippen LogP contribution is 2.26. The van der Waals surface area contributed by atoms with Crippen LogP contribution in [0.25, 0.3) is 0 Å². The standard InChI is InChI=1S/C14H20FN3O2/c1-9(2)13-10(5-6-20-13)7-17-14(19)18-12-4-3-11(15)8-16-12/h3-4,8-10,13H,5-7H2,1-2H3,(H2,16,17,18,19)/t10-,13+/m0/s1. The topological polar surface area (TPSA) is 63.2 Å². The molecule has 0 bridgehead atoms. The van der Waals surface area contributed by atoms with Crippen LogP contribution in [0.5, 0.6) is 0 Å². The Morgan fingerprint density at radius 1 is 1.55 bits per heavy atom. The highest BCUT2D eigenvalue weighted by Gasteiger charge is 2.30. The molecule has 6 heteroatoms. The number of anilines is 1. The molecule has 2 amide bonds. The Balaban J connectivity index is 1.79. The Bertz CT molecular complexity index is 450. The number of hydrogen-bond acceptors (Lipinski definition) is 3. The number of ether oxygens (including phenoxy) is 1. The second kappa shape index (κ2) is 6.65. The molecule has 2 rings (SSSR count). The fourth-order valence-corrected chi connectivity index (χ4v) is 2.44. The third-order valence-corrected chi connectivity index (χ3v) is 3.41. The van der Waals surface area contributed by atoms with Gasteiger partial charge in [0, 0.05) is 19.1 Å². The predicted octanol–water partition coefficient (Wildman–Crippen LogP) is 2.40. The van der Waals surface area contributed by atoms with Crippen molar-refractivity contribution in [2.24, 2.45) is 11.8 Å². The number of aromatic nitrogens is 1. The number of carbonyl (C=O) groups excluding carboxylic acids is 1. The summed E-state index contributed by atoms with van der Waals surface area (Å²) < 4.78 is 18.4. The number of nitrogens with one attached hydrogen (secondary N) is 2. The monoisotopic (exact) mass is 281 g/mol. The minimum atomic E-state index is -0.432. The molecule has 0 spiro atoms. The van der Waals surface area contributed by atoms with E-state index in [4.69, 9.17) is 4.74 Å². The van der Waals surface area contributed by atoms with Crippen molar-refractivity contribution in [2.75, 3.05) is 18.5 Å². The first-order valence-corrected chi connectivity index (χ1v) is 6.84. The number of rotatable bonds is 4. The van der Waals surface area contributed by atoms with E-state index in [2.05, 4.69) is 29.5 Å². The van der Waals surface area contributed by atoms with E-state index in [0.717, 1.165) is 19.2 Å². The Hall–Kier alpha value is -1.69. The molecule has 1 aromatic heterocycles. The van der Waals surface area contributed by atoms with E-state index < -0.39 is 5.82 Å². The zero-order chi connectivity index (χ0) is 14.5. The lowest BCUT2D eigenvalue weighted by Crippen LogP contribution is -2.37. The molecule has 0 unspecified atom stereocenters. The third-order valence-electron chi connectivity index (χ3n) is 3.41. The highest BCUT2D eigenvalue weighted by molar-refractivity contribution is 5.88. The number of amides is 2. The maximum absolute atomic E-state index is 12.7. The first-order valence-electron chi connectivity index (χ1n) is 6.84. The summed E-state index contributed by atoms with van der Waals surface area (Å²) in [6.45, 7) is 5.54. The Kier molecular flexibility index (Phi) is 4.89. The van der Waals surface area contributed by atoms with Gasteiger partial charge in [-0.25, -0.2) is 14.2 Å². The van der Waals surface area contributed by atoms with Crippen LogP contribution in [0.15, 0.2) is 18.3 Å². The second-order valence-electron chi connectivity index (χ2n) is 5.32. The van der Waals surface area contributed by atoms with E-state index in [0.29, 0.717) is 24.2 Å². The summed E-state index contributed by atoms with van der Waals surface area (Å²) in [5.74, 6) is 0.666. The van der Waals surface area contributed by atoms with Crippen molar-refractivity contribution in [3.05, 3.63) is 24.1 Å². The van der Waals surface area contributed by atoms with E-state index in [1.807, 2.05) is 0 Å². The molecule has 5 nitrogen and oxygen atoms in total. The molecule has 0 radical (unpaired) electrons. The molecule has 0 aromatic carbocycles. The number of carbonyl (C=O) groups is 1. The van der Waals surface area contributed by atoms with E-state index in [1.165, 1.54) is 12.1 Å².